The van der Waals surface area contributed by atoms with Gasteiger partial charge in [0.1, 0.15) is 0 Å². The van der Waals surface area contributed by atoms with Crippen molar-refractivity contribution >= 4 is 16.5 Å². The van der Waals surface area contributed by atoms with E-state index in [9.17, 15) is 0 Å². The zero-order valence-corrected chi connectivity index (χ0v) is 13.3. The van der Waals surface area contributed by atoms with Gasteiger partial charge in [0.15, 0.2) is 0 Å². The number of nitrogens with one attached hydrogen (secondary N) is 1. The summed E-state index contributed by atoms with van der Waals surface area (Å²) in [5.74, 6) is 0. The molecular weight excluding hydrogens is 256 g/mol. The van der Waals surface area contributed by atoms with Crippen molar-refractivity contribution in [1.82, 2.24) is 4.30 Å². The molecule has 0 aromatic rings. The standard InChI is InChI=1S/C12H26N.Al.2ClH/c1-2-3-4-5-6-7-8-9-10-11-12-13;;;/h13H,2-12H2,1H3;;2*1H/q-1;+3;;/p-2. The number of halogens is 2. The predicted octanol–water partition coefficient (Wildman–Crippen LogP) is -2.41. The first kappa shape index (κ1) is 22.3. The van der Waals surface area contributed by atoms with Crippen LogP contribution in [0.4, 0.5) is 0 Å². The van der Waals surface area contributed by atoms with Gasteiger partial charge in [-0.2, -0.15) is 0 Å². The van der Waals surface area contributed by atoms with Crippen LogP contribution in [0.5, 0.6) is 0 Å². The van der Waals surface area contributed by atoms with E-state index >= 15 is 0 Å². The summed E-state index contributed by atoms with van der Waals surface area (Å²) in [7, 11) is 0. The number of unbranched alkanes of at least 4 members (excludes halogenated alkanes) is 9. The number of rotatable bonds is 11. The summed E-state index contributed by atoms with van der Waals surface area (Å²) in [5.41, 5.74) is 0. The molecule has 96 valence electrons. The maximum Gasteiger partial charge on any atom is -1.00 e. The van der Waals surface area contributed by atoms with Crippen molar-refractivity contribution < 1.29 is 24.8 Å². The molecule has 16 heavy (non-hydrogen) atoms. The van der Waals surface area contributed by atoms with E-state index in [-0.39, 0.29) is 24.8 Å². The average molecular weight is 282 g/mol. The fourth-order valence-corrected chi connectivity index (χ4v) is 1.92. The Hall–Kier alpha value is 1.07. The quantitative estimate of drug-likeness (QED) is 0.329. The Morgan fingerprint density at radius 3 is 1.44 bits per heavy atom. The second-order valence-electron chi connectivity index (χ2n) is 4.14. The third-order valence-electron chi connectivity index (χ3n) is 2.67. The molecule has 0 unspecified atom stereocenters. The fourth-order valence-electron chi connectivity index (χ4n) is 1.71. The number of hydrogen-bond acceptors (Lipinski definition) is 1. The Morgan fingerprint density at radius 1 is 0.688 bits per heavy atom. The van der Waals surface area contributed by atoms with Gasteiger partial charge in [0.05, 0.1) is 0 Å². The fraction of sp³-hybridized carbons (Fsp3) is 1.00. The summed E-state index contributed by atoms with van der Waals surface area (Å²) in [6.07, 6.45) is 14.2. The summed E-state index contributed by atoms with van der Waals surface area (Å²) >= 11 is 2.56. The zero-order valence-electron chi connectivity index (χ0n) is 10.6. The van der Waals surface area contributed by atoms with Crippen LogP contribution in [0.25, 0.3) is 0 Å². The molecule has 0 heterocycles. The zero-order chi connectivity index (χ0) is 10.5. The summed E-state index contributed by atoms with van der Waals surface area (Å²) in [6.45, 7) is 3.43. The largest absolute Gasteiger partial charge is 1.00 e. The third kappa shape index (κ3) is 20.5. The van der Waals surface area contributed by atoms with Crippen molar-refractivity contribution in [3.8, 4) is 0 Å². The first-order valence-electron chi connectivity index (χ1n) is 6.35. The molecule has 0 saturated carbocycles. The van der Waals surface area contributed by atoms with E-state index in [1.807, 2.05) is 0 Å². The Morgan fingerprint density at radius 2 is 1.06 bits per heavy atom. The normalized spacial score (nSPS) is 9.44. The Kier molecular flexibility index (Phi) is 29.7. The van der Waals surface area contributed by atoms with E-state index in [4.69, 9.17) is 0 Å². The van der Waals surface area contributed by atoms with E-state index in [1.165, 1.54) is 64.2 Å². The maximum atomic E-state index is 3.11. The summed E-state index contributed by atoms with van der Waals surface area (Å²) in [4.78, 5) is 0. The van der Waals surface area contributed by atoms with Crippen LogP contribution >= 0.6 is 0 Å². The SMILES string of the molecule is CCCCCCCCCCCC[NH][Al+2].[Cl-].[Cl-]. The van der Waals surface area contributed by atoms with Crippen LogP contribution in [0.1, 0.15) is 71.1 Å². The van der Waals surface area contributed by atoms with Crippen LogP contribution in [0.2, 0.25) is 0 Å². The first-order valence-corrected chi connectivity index (χ1v) is 6.93. The molecule has 4 heteroatoms. The predicted molar refractivity (Wildman–Crippen MR) is 65.6 cm³/mol. The second-order valence-corrected chi connectivity index (χ2v) is 4.54. The Labute approximate surface area is 123 Å². The van der Waals surface area contributed by atoms with Gasteiger partial charge in [0, 0.05) is 0 Å². The van der Waals surface area contributed by atoms with Gasteiger partial charge in [-0.15, -0.1) is 0 Å². The summed E-state index contributed by atoms with van der Waals surface area (Å²) in [6, 6.07) is 0. The third-order valence-corrected chi connectivity index (χ3v) is 2.96. The first-order chi connectivity index (χ1) is 6.91. The Balaban J connectivity index is -0.000000845. The molecule has 0 amide bonds. The van der Waals surface area contributed by atoms with Gasteiger partial charge in [-0.3, -0.25) is 0 Å². The van der Waals surface area contributed by atoms with E-state index in [0.717, 1.165) is 6.54 Å². The monoisotopic (exact) mass is 281 g/mol. The van der Waals surface area contributed by atoms with Crippen molar-refractivity contribution in [2.24, 2.45) is 0 Å². The average Bonchev–Trinajstić information content (AvgIpc) is 2.21. The minimum Gasteiger partial charge on any atom is -1.00 e. The van der Waals surface area contributed by atoms with Gasteiger partial charge < -0.3 is 24.8 Å². The molecule has 0 aliphatic rings. The molecule has 0 saturated heterocycles. The van der Waals surface area contributed by atoms with Crippen LogP contribution in [0.15, 0.2) is 0 Å². The molecular formula is C12H26AlCl2N. The van der Waals surface area contributed by atoms with E-state index < -0.39 is 0 Å². The second kappa shape index (κ2) is 21.4. The van der Waals surface area contributed by atoms with Crippen molar-refractivity contribution in [3.05, 3.63) is 0 Å². The van der Waals surface area contributed by atoms with Crippen LogP contribution in [-0.2, 0) is 0 Å². The molecule has 1 nitrogen and oxygen atoms in total. The van der Waals surface area contributed by atoms with Gasteiger partial charge in [-0.05, 0) is 0 Å². The van der Waals surface area contributed by atoms with Gasteiger partial charge in [0.2, 0.25) is 0 Å². The molecule has 0 rings (SSSR count). The topological polar surface area (TPSA) is 12.0 Å². The van der Waals surface area contributed by atoms with Gasteiger partial charge in [0.25, 0.3) is 0 Å². The smallest absolute Gasteiger partial charge is 1.00 e. The maximum absolute atomic E-state index is 3.11. The van der Waals surface area contributed by atoms with Crippen LogP contribution < -0.4 is 29.1 Å². The van der Waals surface area contributed by atoms with E-state index in [2.05, 4.69) is 27.7 Å². The molecule has 1 N–H and O–H groups in total. The molecule has 0 atom stereocenters. The van der Waals surface area contributed by atoms with Crippen molar-refractivity contribution in [3.63, 3.8) is 0 Å². The molecule has 0 spiro atoms. The minimum absolute atomic E-state index is 0. The molecule has 0 bridgehead atoms. The molecule has 0 fully saturated rings. The Bertz CT molecular complexity index is 93.0. The van der Waals surface area contributed by atoms with E-state index in [0.29, 0.717) is 0 Å². The summed E-state index contributed by atoms with van der Waals surface area (Å²) in [5, 5.41) is 0. The van der Waals surface area contributed by atoms with Gasteiger partial charge >= 0.3 is 91.6 Å². The van der Waals surface area contributed by atoms with Crippen molar-refractivity contribution in [2.75, 3.05) is 6.54 Å². The molecule has 0 radical (unpaired) electrons. The summed E-state index contributed by atoms with van der Waals surface area (Å²) < 4.78 is 3.11. The van der Waals surface area contributed by atoms with Crippen LogP contribution in [-0.4, -0.2) is 23.1 Å². The minimum atomic E-state index is 0. The van der Waals surface area contributed by atoms with Crippen molar-refractivity contribution in [1.29, 1.82) is 0 Å². The van der Waals surface area contributed by atoms with Gasteiger partial charge in [-0.25, -0.2) is 0 Å². The van der Waals surface area contributed by atoms with Crippen molar-refractivity contribution in [2.45, 2.75) is 71.1 Å². The number of hydrogen-bond donors (Lipinski definition) is 1. The molecule has 0 aromatic carbocycles. The molecule has 0 aromatic heterocycles. The van der Waals surface area contributed by atoms with Gasteiger partial charge in [-0.1, -0.05) is 6.92 Å². The van der Waals surface area contributed by atoms with Crippen LogP contribution in [0.3, 0.4) is 0 Å². The van der Waals surface area contributed by atoms with E-state index in [1.54, 1.807) is 0 Å². The van der Waals surface area contributed by atoms with Crippen LogP contribution in [0, 0.1) is 0 Å². The molecule has 0 aliphatic heterocycles. The molecule has 0 aliphatic carbocycles.